The number of fused-ring (bicyclic) bond motifs is 5. The van der Waals surface area contributed by atoms with Crippen LogP contribution in [0.1, 0.15) is 5.56 Å². The van der Waals surface area contributed by atoms with Gasteiger partial charge in [-0.25, -0.2) is 0 Å². The molecule has 0 fully saturated rings. The summed E-state index contributed by atoms with van der Waals surface area (Å²) in [5.74, 6) is 1.60. The molecule has 6 aromatic rings. The first kappa shape index (κ1) is 19.5. The molecule has 35 heavy (non-hydrogen) atoms. The molecule has 0 spiro atoms. The van der Waals surface area contributed by atoms with Crippen molar-refractivity contribution in [2.75, 3.05) is 4.90 Å². The Kier molecular flexibility index (Phi) is 4.18. The third-order valence-electron chi connectivity index (χ3n) is 6.48. The average Bonchev–Trinajstić information content (AvgIpc) is 3.31. The highest BCUT2D eigenvalue weighted by Crippen LogP contribution is 2.52. The molecule has 0 unspecified atom stereocenters. The van der Waals surface area contributed by atoms with Gasteiger partial charge in [-0.05, 0) is 48.0 Å². The Balaban J connectivity index is 1.51. The van der Waals surface area contributed by atoms with E-state index < -0.39 is 0 Å². The van der Waals surface area contributed by atoms with Crippen molar-refractivity contribution in [2.24, 2.45) is 0 Å². The molecule has 0 radical (unpaired) electrons. The fourth-order valence-corrected chi connectivity index (χ4v) is 4.93. The summed E-state index contributed by atoms with van der Waals surface area (Å²) in [6.07, 6.45) is 0. The summed E-state index contributed by atoms with van der Waals surface area (Å²) in [6.45, 7) is 0. The number of nitriles is 1. The lowest BCUT2D eigenvalue weighted by Gasteiger charge is -2.32. The Morgan fingerprint density at radius 1 is 0.600 bits per heavy atom. The van der Waals surface area contributed by atoms with Crippen LogP contribution in [0.5, 0.6) is 11.5 Å². The van der Waals surface area contributed by atoms with Crippen molar-refractivity contribution >= 4 is 39.0 Å². The topological polar surface area (TPSA) is 49.4 Å². The molecule has 164 valence electrons. The number of hydrogen-bond acceptors (Lipinski definition) is 4. The molecule has 0 N–H and O–H groups in total. The maximum atomic E-state index is 9.39. The van der Waals surface area contributed by atoms with E-state index in [0.29, 0.717) is 5.56 Å². The van der Waals surface area contributed by atoms with Crippen LogP contribution in [0.2, 0.25) is 0 Å². The molecule has 4 nitrogen and oxygen atoms in total. The smallest absolute Gasteiger partial charge is 0.159 e. The molecule has 0 saturated carbocycles. The molecule has 7 rings (SSSR count). The summed E-state index contributed by atoms with van der Waals surface area (Å²) >= 11 is 0. The van der Waals surface area contributed by atoms with Gasteiger partial charge >= 0.3 is 0 Å². The third kappa shape index (κ3) is 2.92. The molecule has 0 bridgehead atoms. The average molecular weight is 450 g/mol. The Morgan fingerprint density at radius 3 is 1.97 bits per heavy atom. The minimum absolute atomic E-state index is 0.623. The van der Waals surface area contributed by atoms with Crippen molar-refractivity contribution in [1.82, 2.24) is 0 Å². The van der Waals surface area contributed by atoms with Crippen LogP contribution in [0.3, 0.4) is 0 Å². The van der Waals surface area contributed by atoms with Crippen molar-refractivity contribution < 1.29 is 9.15 Å². The normalized spacial score (nSPS) is 12.1. The number of nitrogens with zero attached hydrogens (tertiary/aromatic N) is 2. The molecule has 1 aromatic heterocycles. The molecule has 0 atom stereocenters. The summed E-state index contributed by atoms with van der Waals surface area (Å²) in [6, 6.07) is 38.4. The number of para-hydroxylation sites is 6. The first-order valence-corrected chi connectivity index (χ1v) is 11.4. The van der Waals surface area contributed by atoms with Gasteiger partial charge in [0, 0.05) is 16.3 Å². The van der Waals surface area contributed by atoms with Crippen molar-refractivity contribution in [3.63, 3.8) is 0 Å². The highest BCUT2D eigenvalue weighted by molar-refractivity contribution is 6.13. The fourth-order valence-electron chi connectivity index (χ4n) is 4.93. The third-order valence-corrected chi connectivity index (χ3v) is 6.48. The van der Waals surface area contributed by atoms with E-state index in [9.17, 15) is 5.26 Å². The second kappa shape index (κ2) is 7.51. The number of rotatable bonds is 2. The monoisotopic (exact) mass is 450 g/mol. The largest absolute Gasteiger partial charge is 0.453 e. The molecule has 1 aliphatic rings. The van der Waals surface area contributed by atoms with E-state index in [4.69, 9.17) is 9.15 Å². The van der Waals surface area contributed by atoms with E-state index in [1.807, 2.05) is 72.8 Å². The lowest BCUT2D eigenvalue weighted by molar-refractivity contribution is 0.477. The lowest BCUT2D eigenvalue weighted by Crippen LogP contribution is -2.15. The van der Waals surface area contributed by atoms with Crippen molar-refractivity contribution in [2.45, 2.75) is 0 Å². The van der Waals surface area contributed by atoms with Crippen molar-refractivity contribution in [1.29, 1.82) is 5.26 Å². The minimum Gasteiger partial charge on any atom is -0.453 e. The maximum Gasteiger partial charge on any atom is 0.159 e. The molecular weight excluding hydrogens is 432 g/mol. The van der Waals surface area contributed by atoms with Gasteiger partial charge in [-0.3, -0.25) is 4.90 Å². The van der Waals surface area contributed by atoms with Gasteiger partial charge < -0.3 is 9.15 Å². The van der Waals surface area contributed by atoms with Crippen molar-refractivity contribution in [3.8, 4) is 28.7 Å². The number of ether oxygens (including phenoxy) is 1. The van der Waals surface area contributed by atoms with Gasteiger partial charge in [-0.15, -0.1) is 0 Å². The van der Waals surface area contributed by atoms with Crippen LogP contribution in [0.25, 0.3) is 33.1 Å². The zero-order valence-electron chi connectivity index (χ0n) is 18.6. The predicted molar refractivity (Wildman–Crippen MR) is 139 cm³/mol. The first-order chi connectivity index (χ1) is 17.3. The number of hydrogen-bond donors (Lipinski definition) is 0. The van der Waals surface area contributed by atoms with Crippen LogP contribution in [0.15, 0.2) is 114 Å². The number of benzene rings is 5. The molecule has 0 aliphatic carbocycles. The summed E-state index contributed by atoms with van der Waals surface area (Å²) < 4.78 is 12.9. The van der Waals surface area contributed by atoms with Gasteiger partial charge in [-0.1, -0.05) is 66.7 Å². The zero-order valence-corrected chi connectivity index (χ0v) is 18.6. The van der Waals surface area contributed by atoms with Crippen LogP contribution in [0, 0.1) is 11.3 Å². The Morgan fingerprint density at radius 2 is 1.23 bits per heavy atom. The van der Waals surface area contributed by atoms with E-state index in [2.05, 4.69) is 47.4 Å². The molecule has 1 aliphatic heterocycles. The first-order valence-electron chi connectivity index (χ1n) is 11.4. The summed E-state index contributed by atoms with van der Waals surface area (Å²) in [5, 5.41) is 11.5. The van der Waals surface area contributed by atoms with E-state index in [1.54, 1.807) is 0 Å². The van der Waals surface area contributed by atoms with Crippen LogP contribution in [-0.2, 0) is 0 Å². The highest BCUT2D eigenvalue weighted by atomic mass is 16.5. The second-order valence-electron chi connectivity index (χ2n) is 8.50. The SMILES string of the molecule is N#Cc1cccc(-c2cccc3c2oc2c(N4c5ccccc5Oc5ccccc54)cccc23)c1. The van der Waals surface area contributed by atoms with Gasteiger partial charge in [0.05, 0.1) is 28.7 Å². The summed E-state index contributed by atoms with van der Waals surface area (Å²) in [7, 11) is 0. The summed E-state index contributed by atoms with van der Waals surface area (Å²) in [4.78, 5) is 2.20. The zero-order chi connectivity index (χ0) is 23.4. The van der Waals surface area contributed by atoms with E-state index >= 15 is 0 Å². The lowest BCUT2D eigenvalue weighted by atomic mass is 10.0. The molecule has 0 amide bonds. The van der Waals surface area contributed by atoms with Gasteiger partial charge in [0.2, 0.25) is 0 Å². The molecular formula is C31H18N2O2. The Hall–Kier alpha value is -5.01. The van der Waals surface area contributed by atoms with Crippen LogP contribution >= 0.6 is 0 Å². The van der Waals surface area contributed by atoms with Gasteiger partial charge in [0.1, 0.15) is 5.58 Å². The molecule has 0 saturated heterocycles. The van der Waals surface area contributed by atoms with E-state index in [-0.39, 0.29) is 0 Å². The standard InChI is InChI=1S/C31H18N2O2/c32-19-20-8-5-9-21(18-20)22-10-6-11-23-24-12-7-15-27(31(24)35-30(22)23)33-25-13-1-3-16-28(25)34-29-17-4-2-14-26(29)33/h1-18H. The predicted octanol–water partition coefficient (Wildman–Crippen LogP) is 8.70. The van der Waals surface area contributed by atoms with Gasteiger partial charge in [0.25, 0.3) is 0 Å². The Labute approximate surface area is 201 Å². The molecule has 2 heterocycles. The quantitative estimate of drug-likeness (QED) is 0.264. The van der Waals surface area contributed by atoms with E-state index in [1.165, 1.54) is 0 Å². The van der Waals surface area contributed by atoms with Gasteiger partial charge in [0.15, 0.2) is 17.1 Å². The second-order valence-corrected chi connectivity index (χ2v) is 8.50. The molecule has 5 aromatic carbocycles. The van der Waals surface area contributed by atoms with Crippen LogP contribution in [0.4, 0.5) is 17.1 Å². The minimum atomic E-state index is 0.623. The van der Waals surface area contributed by atoms with E-state index in [0.717, 1.165) is 61.6 Å². The maximum absolute atomic E-state index is 9.39. The van der Waals surface area contributed by atoms with Crippen molar-refractivity contribution in [3.05, 3.63) is 115 Å². The van der Waals surface area contributed by atoms with Crippen LogP contribution in [-0.4, -0.2) is 0 Å². The highest BCUT2D eigenvalue weighted by Gasteiger charge is 2.28. The fraction of sp³-hybridized carbons (Fsp3) is 0. The number of furan rings is 1. The molecule has 4 heteroatoms. The summed E-state index contributed by atoms with van der Waals surface area (Å²) in [5.41, 5.74) is 7.01. The van der Waals surface area contributed by atoms with Gasteiger partial charge in [-0.2, -0.15) is 5.26 Å². The Bertz CT molecular complexity index is 1760. The van der Waals surface area contributed by atoms with Crippen LogP contribution < -0.4 is 9.64 Å². The number of anilines is 3.